The molecule has 132 valence electrons. The highest BCUT2D eigenvalue weighted by molar-refractivity contribution is 7.89. The molecule has 0 radical (unpaired) electrons. The fourth-order valence-electron chi connectivity index (χ4n) is 2.39. The van der Waals surface area contributed by atoms with Gasteiger partial charge < -0.3 is 9.64 Å². The quantitative estimate of drug-likeness (QED) is 0.774. The summed E-state index contributed by atoms with van der Waals surface area (Å²) in [6.07, 6.45) is 0.756. The summed E-state index contributed by atoms with van der Waals surface area (Å²) in [6.45, 7) is 9.28. The third-order valence-corrected chi connectivity index (χ3v) is 5.04. The van der Waals surface area contributed by atoms with Crippen molar-refractivity contribution in [3.63, 3.8) is 0 Å². The van der Waals surface area contributed by atoms with E-state index in [-0.39, 0.29) is 10.3 Å². The van der Waals surface area contributed by atoms with Crippen molar-refractivity contribution < 1.29 is 13.2 Å². The van der Waals surface area contributed by atoms with Gasteiger partial charge in [-0.25, -0.2) is 13.1 Å². The second kappa shape index (κ2) is 7.64. The summed E-state index contributed by atoms with van der Waals surface area (Å²) in [5.74, 6) is 0.434. The van der Waals surface area contributed by atoms with Crippen LogP contribution in [0.4, 0.5) is 0 Å². The Morgan fingerprint density at radius 1 is 1.22 bits per heavy atom. The van der Waals surface area contributed by atoms with Crippen LogP contribution in [0.5, 0.6) is 5.75 Å². The minimum absolute atomic E-state index is 0.202. The molecule has 23 heavy (non-hydrogen) atoms. The molecule has 1 rings (SSSR count). The van der Waals surface area contributed by atoms with E-state index < -0.39 is 10.0 Å². The molecule has 0 unspecified atom stereocenters. The number of hydrogen-bond acceptors (Lipinski definition) is 4. The van der Waals surface area contributed by atoms with Crippen molar-refractivity contribution in [1.82, 2.24) is 9.62 Å². The lowest BCUT2D eigenvalue weighted by molar-refractivity contribution is 0.384. The zero-order valence-electron chi connectivity index (χ0n) is 15.4. The summed E-state index contributed by atoms with van der Waals surface area (Å²) < 4.78 is 33.5. The Labute approximate surface area is 141 Å². The maximum Gasteiger partial charge on any atom is 0.244 e. The van der Waals surface area contributed by atoms with Gasteiger partial charge in [0.2, 0.25) is 10.0 Å². The number of hydrogen-bond donors (Lipinski definition) is 1. The maximum absolute atomic E-state index is 12.7. The molecule has 1 N–H and O–H groups in total. The van der Waals surface area contributed by atoms with Crippen molar-refractivity contribution in [1.29, 1.82) is 0 Å². The van der Waals surface area contributed by atoms with Gasteiger partial charge in [-0.2, -0.15) is 0 Å². The highest BCUT2D eigenvalue weighted by Crippen LogP contribution is 2.37. The largest absolute Gasteiger partial charge is 0.495 e. The average Bonchev–Trinajstić information content (AvgIpc) is 2.41. The standard InChI is InChI=1S/C17H30N2O3S/c1-13-11-14(17(2,3)4)16(22-7)15(12-13)23(20,21)18-9-8-10-19(5)6/h11-12,18H,8-10H2,1-7H3. The van der Waals surface area contributed by atoms with Crippen LogP contribution in [-0.4, -0.2) is 47.6 Å². The smallest absolute Gasteiger partial charge is 0.244 e. The first-order valence-corrected chi connectivity index (χ1v) is 9.31. The Bertz CT molecular complexity index is 632. The zero-order chi connectivity index (χ0) is 17.8. The summed E-state index contributed by atoms with van der Waals surface area (Å²) in [4.78, 5) is 2.24. The molecule has 1 aromatic rings. The van der Waals surface area contributed by atoms with Gasteiger partial charge in [-0.1, -0.05) is 26.8 Å². The van der Waals surface area contributed by atoms with Gasteiger partial charge in [0.05, 0.1) is 7.11 Å². The lowest BCUT2D eigenvalue weighted by Gasteiger charge is -2.24. The minimum Gasteiger partial charge on any atom is -0.495 e. The maximum atomic E-state index is 12.7. The van der Waals surface area contributed by atoms with Crippen LogP contribution in [-0.2, 0) is 15.4 Å². The van der Waals surface area contributed by atoms with Gasteiger partial charge >= 0.3 is 0 Å². The summed E-state index contributed by atoms with van der Waals surface area (Å²) >= 11 is 0. The fourth-order valence-corrected chi connectivity index (χ4v) is 3.73. The number of rotatable bonds is 7. The summed E-state index contributed by atoms with van der Waals surface area (Å²) in [6, 6.07) is 3.66. The van der Waals surface area contributed by atoms with Gasteiger partial charge in [-0.05, 0) is 51.0 Å². The third-order valence-electron chi connectivity index (χ3n) is 3.58. The van der Waals surface area contributed by atoms with Crippen molar-refractivity contribution >= 4 is 10.0 Å². The minimum atomic E-state index is -3.60. The summed E-state index contributed by atoms with van der Waals surface area (Å²) in [5, 5.41) is 0. The molecule has 0 aliphatic heterocycles. The van der Waals surface area contributed by atoms with E-state index in [9.17, 15) is 8.42 Å². The molecule has 0 spiro atoms. The van der Waals surface area contributed by atoms with Gasteiger partial charge in [-0.3, -0.25) is 0 Å². The predicted molar refractivity (Wildman–Crippen MR) is 94.8 cm³/mol. The van der Waals surface area contributed by atoms with Gasteiger partial charge in [-0.15, -0.1) is 0 Å². The highest BCUT2D eigenvalue weighted by atomic mass is 32.2. The molecule has 0 atom stereocenters. The Hall–Kier alpha value is -1.11. The first kappa shape index (κ1) is 19.9. The predicted octanol–water partition coefficient (Wildman–Crippen LogP) is 2.53. The van der Waals surface area contributed by atoms with E-state index in [0.717, 1.165) is 24.1 Å². The number of benzene rings is 1. The van der Waals surface area contributed by atoms with Crippen LogP contribution in [0.15, 0.2) is 17.0 Å². The molecular formula is C17H30N2O3S. The molecule has 5 nitrogen and oxygen atoms in total. The van der Waals surface area contributed by atoms with Gasteiger partial charge in [0.15, 0.2) is 0 Å². The van der Waals surface area contributed by atoms with Crippen molar-refractivity contribution in [3.05, 3.63) is 23.3 Å². The van der Waals surface area contributed by atoms with E-state index >= 15 is 0 Å². The molecule has 0 bridgehead atoms. The van der Waals surface area contributed by atoms with E-state index in [1.807, 2.05) is 52.8 Å². The number of nitrogens with one attached hydrogen (secondary N) is 1. The van der Waals surface area contributed by atoms with Crippen LogP contribution in [0, 0.1) is 6.92 Å². The lowest BCUT2D eigenvalue weighted by atomic mass is 9.85. The number of sulfonamides is 1. The van der Waals surface area contributed by atoms with Crippen LogP contribution in [0.2, 0.25) is 0 Å². The second-order valence-corrected chi connectivity index (χ2v) is 8.88. The van der Waals surface area contributed by atoms with E-state index in [4.69, 9.17) is 4.74 Å². The normalized spacial score (nSPS) is 12.7. The Morgan fingerprint density at radius 2 is 1.83 bits per heavy atom. The average molecular weight is 343 g/mol. The van der Waals surface area contributed by atoms with Crippen LogP contribution < -0.4 is 9.46 Å². The molecule has 0 aliphatic rings. The number of methoxy groups -OCH3 is 1. The van der Waals surface area contributed by atoms with E-state index in [0.29, 0.717) is 12.3 Å². The fraction of sp³-hybridized carbons (Fsp3) is 0.647. The topological polar surface area (TPSA) is 58.6 Å². The highest BCUT2D eigenvalue weighted by Gasteiger charge is 2.27. The van der Waals surface area contributed by atoms with E-state index in [1.54, 1.807) is 6.07 Å². The molecule has 0 saturated heterocycles. The van der Waals surface area contributed by atoms with Crippen molar-refractivity contribution in [2.45, 2.75) is 44.4 Å². The molecule has 0 aromatic heterocycles. The van der Waals surface area contributed by atoms with Crippen molar-refractivity contribution in [2.75, 3.05) is 34.3 Å². The molecular weight excluding hydrogens is 312 g/mol. The molecule has 6 heteroatoms. The van der Waals surface area contributed by atoms with Gasteiger partial charge in [0.1, 0.15) is 10.6 Å². The number of aryl methyl sites for hydroxylation is 1. The van der Waals surface area contributed by atoms with Gasteiger partial charge in [0, 0.05) is 12.1 Å². The Balaban J connectivity index is 3.17. The number of nitrogens with zero attached hydrogens (tertiary/aromatic N) is 1. The SMILES string of the molecule is COc1c(C(C)(C)C)cc(C)cc1S(=O)(=O)NCCCN(C)C. The second-order valence-electron chi connectivity index (χ2n) is 7.15. The van der Waals surface area contributed by atoms with Crippen molar-refractivity contribution in [2.24, 2.45) is 0 Å². The summed E-state index contributed by atoms with van der Waals surface area (Å²) in [5.41, 5.74) is 1.60. The van der Waals surface area contributed by atoms with Crippen LogP contribution >= 0.6 is 0 Å². The number of ether oxygens (including phenoxy) is 1. The van der Waals surface area contributed by atoms with Crippen LogP contribution in [0.25, 0.3) is 0 Å². The summed E-state index contributed by atoms with van der Waals surface area (Å²) in [7, 11) is 1.85. The Morgan fingerprint density at radius 3 is 2.30 bits per heavy atom. The molecule has 0 heterocycles. The molecule has 0 amide bonds. The van der Waals surface area contributed by atoms with E-state index in [2.05, 4.69) is 4.72 Å². The zero-order valence-corrected chi connectivity index (χ0v) is 16.2. The Kier molecular flexibility index (Phi) is 6.62. The molecule has 0 aliphatic carbocycles. The van der Waals surface area contributed by atoms with Crippen molar-refractivity contribution in [3.8, 4) is 5.75 Å². The molecule has 0 saturated carbocycles. The monoisotopic (exact) mass is 342 g/mol. The molecule has 1 aromatic carbocycles. The first-order valence-electron chi connectivity index (χ1n) is 7.82. The van der Waals surface area contributed by atoms with Crippen LogP contribution in [0.3, 0.4) is 0 Å². The third kappa shape index (κ3) is 5.48. The lowest BCUT2D eigenvalue weighted by Crippen LogP contribution is -2.28. The first-order chi connectivity index (χ1) is 10.5. The van der Waals surface area contributed by atoms with E-state index in [1.165, 1.54) is 7.11 Å². The van der Waals surface area contributed by atoms with Crippen LogP contribution in [0.1, 0.15) is 38.3 Å². The van der Waals surface area contributed by atoms with Gasteiger partial charge in [0.25, 0.3) is 0 Å². The molecule has 0 fully saturated rings.